The summed E-state index contributed by atoms with van der Waals surface area (Å²) in [4.78, 5) is 0. The van der Waals surface area contributed by atoms with E-state index in [9.17, 15) is 0 Å². The van der Waals surface area contributed by atoms with Crippen LogP contribution in [-0.2, 0) is 0 Å². The van der Waals surface area contributed by atoms with E-state index in [1.807, 2.05) is 25.2 Å². The van der Waals surface area contributed by atoms with Gasteiger partial charge in [0.25, 0.3) is 0 Å². The lowest BCUT2D eigenvalue weighted by Gasteiger charge is -2.15. The van der Waals surface area contributed by atoms with Gasteiger partial charge in [-0.1, -0.05) is 23.8 Å². The third-order valence-electron chi connectivity index (χ3n) is 1.51. The maximum Gasteiger partial charge on any atom is 0.351 e. The molecule has 0 saturated carbocycles. The fourth-order valence-corrected chi connectivity index (χ4v) is 4.09. The molecule has 0 amide bonds. The first-order valence-corrected chi connectivity index (χ1v) is 8.05. The van der Waals surface area contributed by atoms with E-state index in [0.29, 0.717) is 0 Å². The van der Waals surface area contributed by atoms with Gasteiger partial charge in [0.05, 0.1) is 0 Å². The quantitative estimate of drug-likeness (QED) is 0.462. The monoisotopic (exact) mass is 212 g/mol. The van der Waals surface area contributed by atoms with Crippen LogP contribution in [0.1, 0.15) is 6.92 Å². The van der Waals surface area contributed by atoms with E-state index < -0.39 is 6.00 Å². The molecular weight excluding hydrogens is 207 g/mol. The Balaban J connectivity index is 2.76. The molecule has 1 aliphatic carbocycles. The molecule has 0 aromatic carbocycles. The number of allylic oxidation sites excluding steroid dienone is 4. The standard InChI is InChI=1S/C6H7Cl3Si/c1-5-3-2-4-6(5)10(7,8)9/h2-4,6H,1H3. The normalized spacial score (nSPS) is 25.2. The fraction of sp³-hybridized carbons (Fsp3) is 0.333. The van der Waals surface area contributed by atoms with Crippen LogP contribution in [0.3, 0.4) is 0 Å². The van der Waals surface area contributed by atoms with Crippen molar-refractivity contribution in [3.8, 4) is 0 Å². The highest BCUT2D eigenvalue weighted by Crippen LogP contribution is 2.42. The van der Waals surface area contributed by atoms with Crippen LogP contribution in [0.5, 0.6) is 0 Å². The molecule has 0 heterocycles. The molecular formula is C6H7Cl3Si. The molecule has 0 bridgehead atoms. The molecule has 0 spiro atoms. The Morgan fingerprint density at radius 2 is 2.00 bits per heavy atom. The average Bonchev–Trinajstić information content (AvgIpc) is 2.11. The minimum absolute atomic E-state index is 0.0949. The van der Waals surface area contributed by atoms with Crippen molar-refractivity contribution in [3.63, 3.8) is 0 Å². The Bertz CT molecular complexity index is 190. The predicted octanol–water partition coefficient (Wildman–Crippen LogP) is 3.53. The van der Waals surface area contributed by atoms with Crippen molar-refractivity contribution in [2.24, 2.45) is 0 Å². The number of halogens is 3. The summed E-state index contributed by atoms with van der Waals surface area (Å²) in [6, 6.07) is -2.53. The van der Waals surface area contributed by atoms with E-state index in [-0.39, 0.29) is 5.54 Å². The van der Waals surface area contributed by atoms with Crippen molar-refractivity contribution < 1.29 is 0 Å². The van der Waals surface area contributed by atoms with Crippen LogP contribution in [-0.4, -0.2) is 6.00 Å². The third kappa shape index (κ3) is 1.79. The Labute approximate surface area is 75.6 Å². The highest BCUT2D eigenvalue weighted by Gasteiger charge is 2.36. The molecule has 0 aliphatic heterocycles. The van der Waals surface area contributed by atoms with Gasteiger partial charge >= 0.3 is 6.00 Å². The van der Waals surface area contributed by atoms with E-state index >= 15 is 0 Å². The summed E-state index contributed by atoms with van der Waals surface area (Å²) in [5, 5.41) is 0. The second-order valence-corrected chi connectivity index (χ2v) is 11.1. The third-order valence-corrected chi connectivity index (χ3v) is 4.97. The van der Waals surface area contributed by atoms with Crippen LogP contribution < -0.4 is 0 Å². The molecule has 0 aromatic rings. The summed E-state index contributed by atoms with van der Waals surface area (Å²) in [6.07, 6.45) is 5.88. The minimum atomic E-state index is -2.53. The molecule has 1 unspecified atom stereocenters. The van der Waals surface area contributed by atoms with Crippen molar-refractivity contribution in [2.75, 3.05) is 0 Å². The van der Waals surface area contributed by atoms with Crippen LogP contribution in [0.15, 0.2) is 23.8 Å². The summed E-state index contributed by atoms with van der Waals surface area (Å²) in [6.45, 7) is 1.99. The summed E-state index contributed by atoms with van der Waals surface area (Å²) in [7, 11) is 0. The van der Waals surface area contributed by atoms with Gasteiger partial charge in [-0.25, -0.2) is 0 Å². The lowest BCUT2D eigenvalue weighted by Crippen LogP contribution is -2.17. The van der Waals surface area contributed by atoms with Gasteiger partial charge in [0.1, 0.15) is 0 Å². The van der Waals surface area contributed by atoms with Crippen molar-refractivity contribution in [1.29, 1.82) is 0 Å². The number of hydrogen-bond donors (Lipinski definition) is 0. The molecule has 0 aromatic heterocycles. The molecule has 1 rings (SSSR count). The van der Waals surface area contributed by atoms with E-state index in [2.05, 4.69) is 0 Å². The van der Waals surface area contributed by atoms with Gasteiger partial charge in [-0.05, 0) is 6.92 Å². The molecule has 0 N–H and O–H groups in total. The molecule has 10 heavy (non-hydrogen) atoms. The van der Waals surface area contributed by atoms with Crippen LogP contribution in [0.25, 0.3) is 0 Å². The summed E-state index contributed by atoms with van der Waals surface area (Å²) >= 11 is 17.4. The van der Waals surface area contributed by atoms with Gasteiger partial charge < -0.3 is 0 Å². The second kappa shape index (κ2) is 2.90. The highest BCUT2D eigenvalue weighted by atomic mass is 35.8. The lowest BCUT2D eigenvalue weighted by molar-refractivity contribution is 1.22. The predicted molar refractivity (Wildman–Crippen MR) is 50.0 cm³/mol. The Morgan fingerprint density at radius 3 is 2.20 bits per heavy atom. The smallest absolute Gasteiger partial charge is 0.125 e. The zero-order valence-electron chi connectivity index (χ0n) is 5.44. The van der Waals surface area contributed by atoms with Crippen LogP contribution in [0, 0.1) is 0 Å². The first-order chi connectivity index (χ1) is 4.52. The SMILES string of the molecule is CC1=CC=CC1[Si](Cl)(Cl)Cl. The van der Waals surface area contributed by atoms with E-state index in [1.54, 1.807) is 0 Å². The topological polar surface area (TPSA) is 0 Å². The maximum absolute atomic E-state index is 5.81. The van der Waals surface area contributed by atoms with Gasteiger partial charge in [0.2, 0.25) is 0 Å². The van der Waals surface area contributed by atoms with Crippen LogP contribution in [0.4, 0.5) is 0 Å². The van der Waals surface area contributed by atoms with Gasteiger partial charge in [0, 0.05) is 5.54 Å². The second-order valence-electron chi connectivity index (χ2n) is 2.31. The molecule has 1 atom stereocenters. The summed E-state index contributed by atoms with van der Waals surface area (Å²) in [5.41, 5.74) is 1.25. The van der Waals surface area contributed by atoms with Crippen molar-refractivity contribution >= 4 is 39.2 Å². The molecule has 0 nitrogen and oxygen atoms in total. The molecule has 4 heteroatoms. The first-order valence-electron chi connectivity index (χ1n) is 2.93. The first kappa shape index (κ1) is 8.66. The van der Waals surface area contributed by atoms with Crippen LogP contribution >= 0.6 is 33.2 Å². The molecule has 0 saturated heterocycles. The molecule has 0 radical (unpaired) electrons. The van der Waals surface area contributed by atoms with Crippen molar-refractivity contribution in [3.05, 3.63) is 23.8 Å². The molecule has 56 valence electrons. The number of rotatable bonds is 1. The molecule has 1 aliphatic rings. The Hall–Kier alpha value is 0.567. The van der Waals surface area contributed by atoms with Gasteiger partial charge in [-0.15, -0.1) is 33.2 Å². The lowest BCUT2D eigenvalue weighted by atomic mass is 10.3. The average molecular weight is 214 g/mol. The minimum Gasteiger partial charge on any atom is -0.125 e. The summed E-state index contributed by atoms with van der Waals surface area (Å²) < 4.78 is 0. The fourth-order valence-electron chi connectivity index (χ4n) is 0.941. The Morgan fingerprint density at radius 1 is 1.40 bits per heavy atom. The number of hydrogen-bond acceptors (Lipinski definition) is 0. The van der Waals surface area contributed by atoms with Gasteiger partial charge in [-0.2, -0.15) is 0 Å². The largest absolute Gasteiger partial charge is 0.351 e. The van der Waals surface area contributed by atoms with E-state index in [1.165, 1.54) is 0 Å². The summed E-state index contributed by atoms with van der Waals surface area (Å²) in [5.74, 6) is 0. The van der Waals surface area contributed by atoms with Gasteiger partial charge in [-0.3, -0.25) is 0 Å². The molecule has 0 fully saturated rings. The maximum atomic E-state index is 5.81. The van der Waals surface area contributed by atoms with Gasteiger partial charge in [0.15, 0.2) is 0 Å². The van der Waals surface area contributed by atoms with Crippen molar-refractivity contribution in [2.45, 2.75) is 12.5 Å². The highest BCUT2D eigenvalue weighted by molar-refractivity contribution is 7.65. The van der Waals surface area contributed by atoms with Crippen LogP contribution in [0.2, 0.25) is 5.54 Å². The van der Waals surface area contributed by atoms with Crippen molar-refractivity contribution in [1.82, 2.24) is 0 Å². The Kier molecular flexibility index (Phi) is 2.51. The van der Waals surface area contributed by atoms with E-state index in [0.717, 1.165) is 5.57 Å². The zero-order valence-corrected chi connectivity index (χ0v) is 8.71. The van der Waals surface area contributed by atoms with E-state index in [4.69, 9.17) is 33.2 Å². The zero-order chi connectivity index (χ0) is 7.78.